The molecule has 0 saturated heterocycles. The van der Waals surface area contributed by atoms with Crippen molar-refractivity contribution in [3.8, 4) is 0 Å². The number of aromatic nitrogens is 1. The fraction of sp³-hybridized carbons (Fsp3) is 0.385. The number of thioether (sulfide) groups is 1. The molecule has 3 heterocycles. The molecule has 2 aromatic heterocycles. The van der Waals surface area contributed by atoms with E-state index in [0.29, 0.717) is 4.83 Å². The van der Waals surface area contributed by atoms with Crippen molar-refractivity contribution in [1.82, 2.24) is 4.98 Å². The average Bonchev–Trinajstić information content (AvgIpc) is 2.63. The number of anilines is 1. The minimum Gasteiger partial charge on any atom is -0.544 e. The first-order valence-electron chi connectivity index (χ1n) is 5.93. The van der Waals surface area contributed by atoms with Crippen molar-refractivity contribution in [2.75, 3.05) is 5.73 Å². The van der Waals surface area contributed by atoms with E-state index in [1.807, 2.05) is 17.8 Å². The molecule has 0 atom stereocenters. The normalized spacial score (nSPS) is 16.5. The van der Waals surface area contributed by atoms with Crippen LogP contribution in [0.25, 0.3) is 10.2 Å². The van der Waals surface area contributed by atoms with Gasteiger partial charge in [0.05, 0.1) is 16.5 Å². The molecule has 100 valence electrons. The molecule has 0 spiro atoms. The van der Waals surface area contributed by atoms with E-state index in [2.05, 4.69) is 18.8 Å². The van der Waals surface area contributed by atoms with Crippen molar-refractivity contribution in [1.29, 1.82) is 0 Å². The summed E-state index contributed by atoms with van der Waals surface area (Å²) in [5, 5.41) is 11.7. The number of fused-ring (bicyclic) bond motifs is 2. The molecule has 7 heteroatoms. The monoisotopic (exact) mass is 316 g/mol. The predicted molar refractivity (Wildman–Crippen MR) is 77.4 cm³/mol. The number of nitrogens with two attached hydrogens (primary N) is 1. The first-order chi connectivity index (χ1) is 8.87. The molecule has 1 aliphatic heterocycles. The number of carboxylic acids is 1. The van der Waals surface area contributed by atoms with Gasteiger partial charge in [0.1, 0.15) is 4.83 Å². The third-order valence-corrected chi connectivity index (χ3v) is 5.76. The topological polar surface area (TPSA) is 79.0 Å². The molecule has 20 heavy (non-hydrogen) atoms. The number of nitrogens with zero attached hydrogens (tertiary/aromatic N) is 1. The van der Waals surface area contributed by atoms with Gasteiger partial charge in [-0.25, -0.2) is 4.98 Å². The van der Waals surface area contributed by atoms with E-state index in [1.165, 1.54) is 0 Å². The third kappa shape index (κ3) is 2.72. The number of pyridine rings is 1. The smallest absolute Gasteiger partial charge is 0.544 e. The van der Waals surface area contributed by atoms with Gasteiger partial charge in [-0.15, -0.1) is 11.3 Å². The predicted octanol–water partition coefficient (Wildman–Crippen LogP) is -1.19. The van der Waals surface area contributed by atoms with Gasteiger partial charge in [-0.2, -0.15) is 11.8 Å². The standard InChI is InChI=1S/C13H14N2O2S2.Na/c1-13(2)4-8-6(5-18-13)3-7-9(14)10(12(16)17)19-11(7)15-8;/h3H,4-5,14H2,1-2H3,(H,16,17);/q;+1/p-1. The van der Waals surface area contributed by atoms with Crippen molar-refractivity contribution >= 4 is 45.0 Å². The molecule has 0 aliphatic carbocycles. The fourth-order valence-electron chi connectivity index (χ4n) is 2.28. The summed E-state index contributed by atoms with van der Waals surface area (Å²) in [6.07, 6.45) is 0.890. The maximum atomic E-state index is 11.0. The summed E-state index contributed by atoms with van der Waals surface area (Å²) in [6, 6.07) is 1.98. The Balaban J connectivity index is 0.00000147. The maximum absolute atomic E-state index is 11.0. The summed E-state index contributed by atoms with van der Waals surface area (Å²) in [6.45, 7) is 4.39. The molecule has 0 saturated carbocycles. The summed E-state index contributed by atoms with van der Waals surface area (Å²) in [7, 11) is 0. The molecule has 0 aromatic carbocycles. The van der Waals surface area contributed by atoms with E-state index in [0.717, 1.165) is 40.2 Å². The van der Waals surface area contributed by atoms with Gasteiger partial charge in [-0.3, -0.25) is 0 Å². The van der Waals surface area contributed by atoms with Gasteiger partial charge in [0, 0.05) is 28.0 Å². The second kappa shape index (κ2) is 5.50. The molecule has 0 unspecified atom stereocenters. The zero-order valence-electron chi connectivity index (χ0n) is 11.6. The van der Waals surface area contributed by atoms with Crippen LogP contribution in [0.1, 0.15) is 34.8 Å². The Labute approximate surface area is 147 Å². The van der Waals surface area contributed by atoms with Crippen molar-refractivity contribution in [2.45, 2.75) is 30.8 Å². The number of carbonyl (C=O) groups excluding carboxylic acids is 1. The Kier molecular flexibility index (Phi) is 4.43. The Morgan fingerprint density at radius 3 is 2.85 bits per heavy atom. The minimum atomic E-state index is -1.23. The number of hydrogen-bond acceptors (Lipinski definition) is 6. The van der Waals surface area contributed by atoms with Crippen molar-refractivity contribution in [3.63, 3.8) is 0 Å². The van der Waals surface area contributed by atoms with E-state index in [-0.39, 0.29) is 44.9 Å². The molecule has 0 amide bonds. The molecule has 0 bridgehead atoms. The second-order valence-electron chi connectivity index (χ2n) is 5.30. The Hall–Kier alpha value is -0.270. The van der Waals surface area contributed by atoms with Crippen LogP contribution in [0.4, 0.5) is 5.69 Å². The Morgan fingerprint density at radius 2 is 2.20 bits per heavy atom. The van der Waals surface area contributed by atoms with Crippen LogP contribution < -0.4 is 40.4 Å². The number of nitrogen functional groups attached to an aromatic ring is 1. The molecule has 2 N–H and O–H groups in total. The van der Waals surface area contributed by atoms with Gasteiger partial charge in [0.15, 0.2) is 0 Å². The molecule has 0 radical (unpaired) electrons. The summed E-state index contributed by atoms with van der Waals surface area (Å²) in [5.41, 5.74) is 8.37. The molecule has 3 rings (SSSR count). The van der Waals surface area contributed by atoms with Gasteiger partial charge in [-0.1, -0.05) is 13.8 Å². The number of hydrogen-bond donors (Lipinski definition) is 1. The summed E-state index contributed by atoms with van der Waals surface area (Å²) < 4.78 is 0.174. The number of thiophene rings is 1. The van der Waals surface area contributed by atoms with Crippen LogP contribution in [0.15, 0.2) is 6.07 Å². The van der Waals surface area contributed by atoms with Crippen LogP contribution in [-0.2, 0) is 12.2 Å². The van der Waals surface area contributed by atoms with Gasteiger partial charge >= 0.3 is 29.6 Å². The first-order valence-corrected chi connectivity index (χ1v) is 7.74. The molecule has 1 aliphatic rings. The van der Waals surface area contributed by atoms with E-state index >= 15 is 0 Å². The van der Waals surface area contributed by atoms with Crippen molar-refractivity contribution in [2.24, 2.45) is 0 Å². The average molecular weight is 316 g/mol. The maximum Gasteiger partial charge on any atom is 1.00 e. The number of rotatable bonds is 1. The number of carbonyl (C=O) groups is 1. The van der Waals surface area contributed by atoms with Crippen molar-refractivity contribution < 1.29 is 39.5 Å². The van der Waals surface area contributed by atoms with Crippen LogP contribution in [0, 0.1) is 0 Å². The largest absolute Gasteiger partial charge is 1.00 e. The van der Waals surface area contributed by atoms with Gasteiger partial charge in [0.25, 0.3) is 0 Å². The minimum absolute atomic E-state index is 0. The summed E-state index contributed by atoms with van der Waals surface area (Å²) in [4.78, 5) is 16.4. The van der Waals surface area contributed by atoms with Crippen LogP contribution >= 0.6 is 23.1 Å². The zero-order valence-corrected chi connectivity index (χ0v) is 15.3. The van der Waals surface area contributed by atoms with E-state index < -0.39 is 5.97 Å². The quantitative estimate of drug-likeness (QED) is 0.670. The number of aromatic carboxylic acids is 1. The first kappa shape index (κ1) is 16.1. The molecular formula is C13H13N2NaO2S2. The second-order valence-corrected chi connectivity index (χ2v) is 7.99. The van der Waals surface area contributed by atoms with E-state index in [1.54, 1.807) is 0 Å². The summed E-state index contributed by atoms with van der Waals surface area (Å²) >= 11 is 2.98. The van der Waals surface area contributed by atoms with Crippen LogP contribution in [0.5, 0.6) is 0 Å². The Morgan fingerprint density at radius 1 is 1.50 bits per heavy atom. The molecule has 0 fully saturated rings. The number of carboxylic acid groups (broad SMARTS) is 1. The van der Waals surface area contributed by atoms with Gasteiger partial charge in [0.2, 0.25) is 0 Å². The van der Waals surface area contributed by atoms with Crippen molar-refractivity contribution in [3.05, 3.63) is 22.2 Å². The van der Waals surface area contributed by atoms with Gasteiger partial charge < -0.3 is 15.6 Å². The fourth-order valence-corrected chi connectivity index (χ4v) is 4.24. The van der Waals surface area contributed by atoms with Crippen LogP contribution in [-0.4, -0.2) is 15.7 Å². The van der Waals surface area contributed by atoms with Crippen LogP contribution in [0.2, 0.25) is 0 Å². The SMILES string of the molecule is CC1(C)Cc2nc3sc(C(=O)[O-])c(N)c3cc2CS1.[Na+]. The van der Waals surface area contributed by atoms with Crippen LogP contribution in [0.3, 0.4) is 0 Å². The van der Waals surface area contributed by atoms with Gasteiger partial charge in [-0.05, 0) is 11.6 Å². The third-order valence-electron chi connectivity index (χ3n) is 3.29. The molecular weight excluding hydrogens is 303 g/mol. The van der Waals surface area contributed by atoms with E-state index in [4.69, 9.17) is 5.73 Å². The zero-order chi connectivity index (χ0) is 13.8. The Bertz CT molecular complexity index is 697. The molecule has 4 nitrogen and oxygen atoms in total. The molecule has 2 aromatic rings. The van der Waals surface area contributed by atoms with E-state index in [9.17, 15) is 9.90 Å². The summed E-state index contributed by atoms with van der Waals surface area (Å²) in [5.74, 6) is -0.338.